The number of rotatable bonds is 4. The molecule has 3 N–H and O–H groups in total. The summed E-state index contributed by atoms with van der Waals surface area (Å²) in [7, 11) is 0. The van der Waals surface area contributed by atoms with Gasteiger partial charge in [0.15, 0.2) is 5.96 Å². The van der Waals surface area contributed by atoms with Crippen LogP contribution in [0.5, 0.6) is 0 Å². The molecule has 7 heteroatoms. The van der Waals surface area contributed by atoms with Gasteiger partial charge in [-0.05, 0) is 44.7 Å². The molecule has 0 bridgehead atoms. The lowest BCUT2D eigenvalue weighted by Crippen LogP contribution is -2.45. The third-order valence-corrected chi connectivity index (χ3v) is 3.13. The van der Waals surface area contributed by atoms with Crippen LogP contribution >= 0.6 is 24.0 Å². The Kier molecular flexibility index (Phi) is 8.37. The van der Waals surface area contributed by atoms with Crippen LogP contribution in [-0.2, 0) is 6.18 Å². The zero-order valence-electron chi connectivity index (χ0n) is 13.9. The summed E-state index contributed by atoms with van der Waals surface area (Å²) >= 11 is 0. The monoisotopic (exact) mass is 443 g/mol. The average molecular weight is 443 g/mol. The van der Waals surface area contributed by atoms with Gasteiger partial charge in [0.2, 0.25) is 0 Å². The molecule has 23 heavy (non-hydrogen) atoms. The van der Waals surface area contributed by atoms with Crippen molar-refractivity contribution in [3.8, 4) is 0 Å². The number of guanidine groups is 1. The number of nitrogens with two attached hydrogens (primary N) is 1. The summed E-state index contributed by atoms with van der Waals surface area (Å²) in [5.74, 6) is 0.331. The van der Waals surface area contributed by atoms with Crippen LogP contribution in [0.15, 0.2) is 29.3 Å². The molecular formula is C16H25F3IN3. The molecule has 1 unspecified atom stereocenters. The van der Waals surface area contributed by atoms with Crippen LogP contribution in [0.4, 0.5) is 13.2 Å². The van der Waals surface area contributed by atoms with E-state index < -0.39 is 11.7 Å². The molecule has 0 saturated carbocycles. The highest BCUT2D eigenvalue weighted by molar-refractivity contribution is 14.0. The summed E-state index contributed by atoms with van der Waals surface area (Å²) in [6, 6.07) is 5.43. The number of benzene rings is 1. The second-order valence-corrected chi connectivity index (χ2v) is 6.45. The fraction of sp³-hybridized carbons (Fsp3) is 0.562. The van der Waals surface area contributed by atoms with Gasteiger partial charge in [-0.1, -0.05) is 25.1 Å². The molecule has 1 rings (SSSR count). The number of aliphatic imine (C=N–C) groups is 1. The van der Waals surface area contributed by atoms with Gasteiger partial charge in [0, 0.05) is 12.1 Å². The van der Waals surface area contributed by atoms with Gasteiger partial charge in [0.05, 0.1) is 5.56 Å². The molecule has 0 saturated heterocycles. The summed E-state index contributed by atoms with van der Waals surface area (Å²) < 4.78 is 38.1. The fourth-order valence-corrected chi connectivity index (χ4v) is 1.99. The molecule has 0 aliphatic heterocycles. The standard InChI is InChI=1S/C16H24F3N3.HI/c1-11(8-9-21-14(20)22-15(2,3)4)12-6-5-7-13(10-12)16(17,18)19;/h5-7,10-11H,8-9H2,1-4H3,(H3,20,21,22);1H. The highest BCUT2D eigenvalue weighted by atomic mass is 127. The van der Waals surface area contributed by atoms with Gasteiger partial charge in [-0.25, -0.2) is 0 Å². The number of hydrogen-bond acceptors (Lipinski definition) is 1. The largest absolute Gasteiger partial charge is 0.416 e. The van der Waals surface area contributed by atoms with Crippen molar-refractivity contribution in [3.05, 3.63) is 35.4 Å². The van der Waals surface area contributed by atoms with Gasteiger partial charge >= 0.3 is 6.18 Å². The summed E-state index contributed by atoms with van der Waals surface area (Å²) in [5, 5.41) is 3.04. The molecule has 0 amide bonds. The summed E-state index contributed by atoms with van der Waals surface area (Å²) in [4.78, 5) is 4.21. The molecule has 3 nitrogen and oxygen atoms in total. The Morgan fingerprint density at radius 3 is 2.39 bits per heavy atom. The maximum atomic E-state index is 12.7. The molecule has 1 aromatic rings. The van der Waals surface area contributed by atoms with Crippen molar-refractivity contribution in [2.75, 3.05) is 6.54 Å². The van der Waals surface area contributed by atoms with E-state index in [9.17, 15) is 13.2 Å². The van der Waals surface area contributed by atoms with Gasteiger partial charge < -0.3 is 11.1 Å². The Bertz CT molecular complexity index is 522. The first-order chi connectivity index (χ1) is 9.99. The van der Waals surface area contributed by atoms with Crippen molar-refractivity contribution in [1.29, 1.82) is 0 Å². The lowest BCUT2D eigenvalue weighted by Gasteiger charge is -2.21. The van der Waals surface area contributed by atoms with Gasteiger partial charge in [0.1, 0.15) is 0 Å². The van der Waals surface area contributed by atoms with Crippen LogP contribution in [0.3, 0.4) is 0 Å². The van der Waals surface area contributed by atoms with E-state index in [1.165, 1.54) is 12.1 Å². The highest BCUT2D eigenvalue weighted by Crippen LogP contribution is 2.31. The van der Waals surface area contributed by atoms with Crippen LogP contribution in [0.2, 0.25) is 0 Å². The number of halogens is 4. The Balaban J connectivity index is 0.00000484. The third-order valence-electron chi connectivity index (χ3n) is 3.13. The van der Waals surface area contributed by atoms with Crippen molar-refractivity contribution in [2.24, 2.45) is 10.7 Å². The van der Waals surface area contributed by atoms with Crippen molar-refractivity contribution in [2.45, 2.75) is 51.7 Å². The molecular weight excluding hydrogens is 418 g/mol. The maximum Gasteiger partial charge on any atom is 0.416 e. The van der Waals surface area contributed by atoms with E-state index in [2.05, 4.69) is 10.3 Å². The quantitative estimate of drug-likeness (QED) is 0.409. The molecule has 0 spiro atoms. The van der Waals surface area contributed by atoms with Crippen molar-refractivity contribution in [3.63, 3.8) is 0 Å². The summed E-state index contributed by atoms with van der Waals surface area (Å²) in [5.41, 5.74) is 5.63. The molecule has 132 valence electrons. The first-order valence-electron chi connectivity index (χ1n) is 7.24. The minimum absolute atomic E-state index is 0. The van der Waals surface area contributed by atoms with Crippen LogP contribution in [0.25, 0.3) is 0 Å². The Hall–Kier alpha value is -0.990. The highest BCUT2D eigenvalue weighted by Gasteiger charge is 2.30. The Labute approximate surface area is 153 Å². The predicted octanol–water partition coefficient (Wildman–Crippen LogP) is 4.52. The zero-order valence-corrected chi connectivity index (χ0v) is 16.2. The molecule has 0 heterocycles. The lowest BCUT2D eigenvalue weighted by molar-refractivity contribution is -0.137. The first-order valence-corrected chi connectivity index (χ1v) is 7.24. The smallest absolute Gasteiger partial charge is 0.370 e. The SMILES string of the molecule is CC(CCN=C(N)NC(C)(C)C)c1cccc(C(F)(F)F)c1.I. The molecule has 1 aromatic carbocycles. The van der Waals surface area contributed by atoms with Gasteiger partial charge in [-0.3, -0.25) is 4.99 Å². The maximum absolute atomic E-state index is 12.7. The topological polar surface area (TPSA) is 50.4 Å². The van der Waals surface area contributed by atoms with Crippen LogP contribution in [0, 0.1) is 0 Å². The number of nitrogens with one attached hydrogen (secondary N) is 1. The van der Waals surface area contributed by atoms with Crippen LogP contribution in [-0.4, -0.2) is 18.0 Å². The average Bonchev–Trinajstić information content (AvgIpc) is 2.35. The van der Waals surface area contributed by atoms with Crippen molar-refractivity contribution in [1.82, 2.24) is 5.32 Å². The molecule has 0 aliphatic carbocycles. The van der Waals surface area contributed by atoms with Crippen molar-refractivity contribution < 1.29 is 13.2 Å². The van der Waals surface area contributed by atoms with Gasteiger partial charge in [-0.2, -0.15) is 13.2 Å². The van der Waals surface area contributed by atoms with Crippen LogP contribution in [0.1, 0.15) is 51.2 Å². The molecule has 0 radical (unpaired) electrons. The minimum Gasteiger partial charge on any atom is -0.370 e. The van der Waals surface area contributed by atoms with E-state index in [1.807, 2.05) is 27.7 Å². The minimum atomic E-state index is -4.31. The van der Waals surface area contributed by atoms with E-state index >= 15 is 0 Å². The van der Waals surface area contributed by atoms with Gasteiger partial charge in [0.25, 0.3) is 0 Å². The Morgan fingerprint density at radius 1 is 1.26 bits per heavy atom. The van der Waals surface area contributed by atoms with Crippen LogP contribution < -0.4 is 11.1 Å². The second-order valence-electron chi connectivity index (χ2n) is 6.45. The first kappa shape index (κ1) is 22.0. The zero-order chi connectivity index (χ0) is 17.0. The number of hydrogen-bond donors (Lipinski definition) is 2. The molecule has 1 atom stereocenters. The Morgan fingerprint density at radius 2 is 1.87 bits per heavy atom. The molecule has 0 aliphatic rings. The third kappa shape index (κ3) is 8.43. The lowest BCUT2D eigenvalue weighted by atomic mass is 9.96. The predicted molar refractivity (Wildman–Crippen MR) is 99.3 cm³/mol. The number of nitrogens with zero attached hydrogens (tertiary/aromatic N) is 1. The summed E-state index contributed by atoms with van der Waals surface area (Å²) in [6.45, 7) is 8.27. The molecule has 0 fully saturated rings. The molecule has 0 aromatic heterocycles. The van der Waals surface area contributed by atoms with Gasteiger partial charge in [-0.15, -0.1) is 24.0 Å². The fourth-order valence-electron chi connectivity index (χ4n) is 1.99. The van der Waals surface area contributed by atoms with E-state index in [4.69, 9.17) is 5.73 Å². The van der Waals surface area contributed by atoms with Crippen molar-refractivity contribution >= 4 is 29.9 Å². The summed E-state index contributed by atoms with van der Waals surface area (Å²) in [6.07, 6.45) is -3.68. The van der Waals surface area contributed by atoms with E-state index in [1.54, 1.807) is 6.07 Å². The number of alkyl halides is 3. The van der Waals surface area contributed by atoms with E-state index in [0.717, 1.165) is 6.07 Å². The van der Waals surface area contributed by atoms with E-state index in [-0.39, 0.29) is 35.4 Å². The van der Waals surface area contributed by atoms with E-state index in [0.29, 0.717) is 24.5 Å². The normalized spacial score (nSPS) is 14.1. The second kappa shape index (κ2) is 8.75.